The van der Waals surface area contributed by atoms with E-state index in [1.165, 1.54) is 35.5 Å². The Morgan fingerprint density at radius 2 is 1.29 bits per heavy atom. The van der Waals surface area contributed by atoms with Crippen molar-refractivity contribution in [2.45, 2.75) is 43.0 Å². The van der Waals surface area contributed by atoms with Crippen molar-refractivity contribution in [1.82, 2.24) is 0 Å². The van der Waals surface area contributed by atoms with Crippen molar-refractivity contribution in [3.8, 4) is 34.5 Å². The Morgan fingerprint density at radius 3 is 1.79 bits per heavy atom. The van der Waals surface area contributed by atoms with Crippen LogP contribution in [0.3, 0.4) is 0 Å². The zero-order valence-corrected chi connectivity index (χ0v) is 24.2. The lowest BCUT2D eigenvalue weighted by Crippen LogP contribution is -2.60. The topological polar surface area (TPSA) is 186 Å². The van der Waals surface area contributed by atoms with Gasteiger partial charge in [-0.2, -0.15) is 0 Å². The van der Waals surface area contributed by atoms with Crippen LogP contribution in [-0.2, 0) is 11.2 Å². The van der Waals surface area contributed by atoms with Gasteiger partial charge in [-0.05, 0) is 47.6 Å². The molecular weight excluding hydrogens is 556 g/mol. The molecule has 1 aliphatic heterocycles. The maximum absolute atomic E-state index is 10.7. The van der Waals surface area contributed by atoms with Crippen molar-refractivity contribution in [3.05, 3.63) is 34.9 Å². The zero-order valence-electron chi connectivity index (χ0n) is 24.2. The lowest BCUT2D eigenvalue weighted by molar-refractivity contribution is -0.277. The molecule has 2 aromatic rings. The average molecular weight is 597 g/mol. The normalized spacial score (nSPS) is 28.9. The number of aliphatic hydroxyl groups is 6. The first-order chi connectivity index (χ1) is 20.2. The van der Waals surface area contributed by atoms with E-state index in [9.17, 15) is 30.6 Å². The van der Waals surface area contributed by atoms with Crippen molar-refractivity contribution < 1.29 is 63.8 Å². The molecule has 2 aliphatic rings. The van der Waals surface area contributed by atoms with E-state index in [-0.39, 0.29) is 36.4 Å². The van der Waals surface area contributed by atoms with E-state index in [2.05, 4.69) is 0 Å². The molecule has 8 atom stereocenters. The number of hydrogen-bond acceptors (Lipinski definition) is 13. The molecule has 0 saturated carbocycles. The van der Waals surface area contributed by atoms with E-state index in [0.29, 0.717) is 34.8 Å². The highest BCUT2D eigenvalue weighted by molar-refractivity contribution is 5.64. The molecule has 4 rings (SSSR count). The Labute approximate surface area is 243 Å². The number of benzene rings is 2. The SMILES string of the molecule is COc1cc(C2c3c(cc(OC)c(OC4OC(CO)C(O)C(O)C4O)c3OC)CC(CO)C2CO)cc(OC)c1OC. The second-order valence-corrected chi connectivity index (χ2v) is 10.3. The molecule has 13 nitrogen and oxygen atoms in total. The lowest BCUT2D eigenvalue weighted by atomic mass is 9.66. The molecule has 1 heterocycles. The first-order valence-electron chi connectivity index (χ1n) is 13.5. The Bertz CT molecular complexity index is 1190. The maximum atomic E-state index is 10.7. The van der Waals surface area contributed by atoms with Crippen LogP contribution in [0, 0.1) is 11.8 Å². The molecule has 0 spiro atoms. The molecule has 42 heavy (non-hydrogen) atoms. The van der Waals surface area contributed by atoms with Crippen molar-refractivity contribution in [2.24, 2.45) is 11.8 Å². The summed E-state index contributed by atoms with van der Waals surface area (Å²) in [6, 6.07) is 5.25. The van der Waals surface area contributed by atoms with Crippen LogP contribution in [0.25, 0.3) is 0 Å². The van der Waals surface area contributed by atoms with Crippen LogP contribution in [0.15, 0.2) is 18.2 Å². The van der Waals surface area contributed by atoms with Crippen LogP contribution in [0.5, 0.6) is 34.5 Å². The molecule has 0 aromatic heterocycles. The fraction of sp³-hybridized carbons (Fsp3) is 0.586. The highest BCUT2D eigenvalue weighted by atomic mass is 16.7. The van der Waals surface area contributed by atoms with Gasteiger partial charge < -0.3 is 63.8 Å². The van der Waals surface area contributed by atoms with Gasteiger partial charge in [0.15, 0.2) is 23.0 Å². The van der Waals surface area contributed by atoms with Gasteiger partial charge in [-0.1, -0.05) is 0 Å². The minimum absolute atomic E-state index is 0.0275. The number of rotatable bonds is 11. The molecular formula is C29H40O13. The second kappa shape index (κ2) is 13.5. The van der Waals surface area contributed by atoms with Gasteiger partial charge in [0.05, 0.1) is 42.2 Å². The summed E-state index contributed by atoms with van der Waals surface area (Å²) in [7, 11) is 7.32. The van der Waals surface area contributed by atoms with Crippen molar-refractivity contribution >= 4 is 0 Å². The molecule has 1 aliphatic carbocycles. The standard InChI is InChI=1S/C29H40O13/c1-36-17-8-14(9-18(37-2)26(17)39-4)21-16(11-31)15(10-30)6-13-7-19(38-3)27(28(40-5)22(13)21)42-29-25(35)24(34)23(33)20(12-32)41-29/h7-9,15-16,20-21,23-25,29-35H,6,10-12H2,1-5H3. The molecule has 0 amide bonds. The first kappa shape index (κ1) is 31.9. The predicted molar refractivity (Wildman–Crippen MR) is 147 cm³/mol. The average Bonchev–Trinajstić information content (AvgIpc) is 3.02. The van der Waals surface area contributed by atoms with E-state index < -0.39 is 49.1 Å². The van der Waals surface area contributed by atoms with Gasteiger partial charge in [-0.25, -0.2) is 0 Å². The number of ether oxygens (including phenoxy) is 7. The number of hydrogen-bond donors (Lipinski definition) is 6. The smallest absolute Gasteiger partial charge is 0.229 e. The predicted octanol–water partition coefficient (Wildman–Crippen LogP) is -0.187. The Morgan fingerprint density at radius 1 is 0.690 bits per heavy atom. The summed E-state index contributed by atoms with van der Waals surface area (Å²) in [6.45, 7) is -1.10. The molecule has 6 N–H and O–H groups in total. The van der Waals surface area contributed by atoms with Crippen LogP contribution in [-0.4, -0.2) is 117 Å². The monoisotopic (exact) mass is 596 g/mol. The minimum atomic E-state index is -1.68. The molecule has 1 fully saturated rings. The molecule has 2 aromatic carbocycles. The fourth-order valence-electron chi connectivity index (χ4n) is 6.01. The summed E-state index contributed by atoms with van der Waals surface area (Å²) in [4.78, 5) is 0. The zero-order chi connectivity index (χ0) is 30.7. The van der Waals surface area contributed by atoms with Gasteiger partial charge >= 0.3 is 0 Å². The number of methoxy groups -OCH3 is 5. The van der Waals surface area contributed by atoms with Crippen molar-refractivity contribution in [3.63, 3.8) is 0 Å². The Balaban J connectivity index is 1.94. The maximum Gasteiger partial charge on any atom is 0.229 e. The summed E-state index contributed by atoms with van der Waals surface area (Å²) in [6.07, 6.45) is -7.23. The summed E-state index contributed by atoms with van der Waals surface area (Å²) in [5.41, 5.74) is 2.05. The Hall–Kier alpha value is -3.04. The molecule has 1 saturated heterocycles. The number of fused-ring (bicyclic) bond motifs is 1. The summed E-state index contributed by atoms with van der Waals surface area (Å²) in [5.74, 6) is 0.212. The van der Waals surface area contributed by atoms with Gasteiger partial charge in [-0.3, -0.25) is 0 Å². The van der Waals surface area contributed by atoms with Gasteiger partial charge in [0.1, 0.15) is 24.4 Å². The highest BCUT2D eigenvalue weighted by Crippen LogP contribution is 2.55. The van der Waals surface area contributed by atoms with Gasteiger partial charge in [0, 0.05) is 24.7 Å². The van der Waals surface area contributed by atoms with Crippen LogP contribution < -0.4 is 28.4 Å². The first-order valence-corrected chi connectivity index (χ1v) is 13.5. The highest BCUT2D eigenvalue weighted by Gasteiger charge is 2.46. The minimum Gasteiger partial charge on any atom is -0.493 e. The van der Waals surface area contributed by atoms with Gasteiger partial charge in [0.2, 0.25) is 17.8 Å². The third-order valence-electron chi connectivity index (χ3n) is 8.15. The third kappa shape index (κ3) is 5.53. The number of aliphatic hydroxyl groups excluding tert-OH is 6. The van der Waals surface area contributed by atoms with E-state index in [1.807, 2.05) is 0 Å². The molecule has 8 unspecified atom stereocenters. The largest absolute Gasteiger partial charge is 0.493 e. The molecule has 0 radical (unpaired) electrons. The van der Waals surface area contributed by atoms with Crippen molar-refractivity contribution in [2.75, 3.05) is 55.4 Å². The van der Waals surface area contributed by atoms with Crippen LogP contribution in [0.4, 0.5) is 0 Å². The van der Waals surface area contributed by atoms with Crippen LogP contribution in [0.1, 0.15) is 22.6 Å². The van der Waals surface area contributed by atoms with E-state index in [0.717, 1.165) is 5.56 Å². The molecule has 234 valence electrons. The second-order valence-electron chi connectivity index (χ2n) is 10.3. The van der Waals surface area contributed by atoms with Crippen LogP contribution >= 0.6 is 0 Å². The summed E-state index contributed by atoms with van der Waals surface area (Å²) < 4.78 is 39.9. The molecule has 13 heteroatoms. The Kier molecular flexibility index (Phi) is 10.3. The quantitative estimate of drug-likeness (QED) is 0.201. The van der Waals surface area contributed by atoms with E-state index >= 15 is 0 Å². The van der Waals surface area contributed by atoms with Crippen LogP contribution in [0.2, 0.25) is 0 Å². The van der Waals surface area contributed by atoms with E-state index in [1.54, 1.807) is 18.2 Å². The summed E-state index contributed by atoms with van der Waals surface area (Å²) >= 11 is 0. The summed E-state index contributed by atoms with van der Waals surface area (Å²) in [5, 5.41) is 61.8. The van der Waals surface area contributed by atoms with E-state index in [4.69, 9.17) is 33.2 Å². The molecule has 0 bridgehead atoms. The van der Waals surface area contributed by atoms with Crippen molar-refractivity contribution in [1.29, 1.82) is 0 Å². The van der Waals surface area contributed by atoms with Gasteiger partial charge in [0.25, 0.3) is 0 Å². The lowest BCUT2D eigenvalue weighted by Gasteiger charge is -2.41. The third-order valence-corrected chi connectivity index (χ3v) is 8.15. The fourth-order valence-corrected chi connectivity index (χ4v) is 6.01. The van der Waals surface area contributed by atoms with Gasteiger partial charge in [-0.15, -0.1) is 0 Å².